The fraction of sp³-hybridized carbons (Fsp3) is 0.538. The molecular formula is C13H20O2Sn. The number of unbranched alkanes of at least 4 members (excludes halogenated alkanes) is 4. The van der Waals surface area contributed by atoms with E-state index in [0.29, 0.717) is 6.61 Å². The van der Waals surface area contributed by atoms with Crippen LogP contribution in [0, 0.1) is 0 Å². The average molecular weight is 327 g/mol. The van der Waals surface area contributed by atoms with E-state index in [-0.39, 0.29) is 0 Å². The van der Waals surface area contributed by atoms with Gasteiger partial charge in [0.05, 0.1) is 0 Å². The Hall–Kier alpha value is -0.221. The zero-order valence-electron chi connectivity index (χ0n) is 9.73. The van der Waals surface area contributed by atoms with Crippen LogP contribution in [0.1, 0.15) is 37.7 Å². The molecule has 0 spiro atoms. The van der Waals surface area contributed by atoms with Crippen LogP contribution in [-0.2, 0) is 12.6 Å². The van der Waals surface area contributed by atoms with Crippen LogP contribution >= 0.6 is 0 Å². The van der Waals surface area contributed by atoms with Gasteiger partial charge in [-0.15, -0.1) is 0 Å². The van der Waals surface area contributed by atoms with Gasteiger partial charge in [0.15, 0.2) is 0 Å². The third kappa shape index (κ3) is 7.12. The van der Waals surface area contributed by atoms with Gasteiger partial charge in [-0.2, -0.15) is 0 Å². The van der Waals surface area contributed by atoms with E-state index in [1.165, 1.54) is 37.7 Å². The molecule has 0 aliphatic heterocycles. The molecule has 16 heavy (non-hydrogen) atoms. The van der Waals surface area contributed by atoms with E-state index in [1.807, 2.05) is 0 Å². The molecule has 1 rings (SSSR count). The van der Waals surface area contributed by atoms with Gasteiger partial charge in [-0.1, -0.05) is 0 Å². The van der Waals surface area contributed by atoms with Crippen molar-refractivity contribution in [3.05, 3.63) is 35.9 Å². The van der Waals surface area contributed by atoms with E-state index in [4.69, 9.17) is 3.07 Å². The van der Waals surface area contributed by atoms with Crippen molar-refractivity contribution in [3.63, 3.8) is 0 Å². The third-order valence-electron chi connectivity index (χ3n) is 2.64. The number of rotatable bonds is 9. The molecule has 0 heterocycles. The SMILES string of the molecule is [O]=[SnH][O]CCCCCCCc1ccccc1. The van der Waals surface area contributed by atoms with Gasteiger partial charge in [-0.05, 0) is 0 Å². The van der Waals surface area contributed by atoms with E-state index < -0.39 is 21.5 Å². The van der Waals surface area contributed by atoms with Crippen LogP contribution < -0.4 is 0 Å². The summed E-state index contributed by atoms with van der Waals surface area (Å²) in [5, 5.41) is 0. The molecule has 1 aromatic rings. The normalized spacial score (nSPS) is 10.2. The predicted molar refractivity (Wildman–Crippen MR) is 67.0 cm³/mol. The Morgan fingerprint density at radius 2 is 1.62 bits per heavy atom. The molecule has 1 aromatic carbocycles. The molecule has 0 saturated heterocycles. The quantitative estimate of drug-likeness (QED) is 0.515. The maximum atomic E-state index is 10.2. The van der Waals surface area contributed by atoms with Crippen LogP contribution in [0.5, 0.6) is 0 Å². The molecule has 0 unspecified atom stereocenters. The van der Waals surface area contributed by atoms with Gasteiger partial charge < -0.3 is 0 Å². The molecule has 0 radical (unpaired) electrons. The van der Waals surface area contributed by atoms with Gasteiger partial charge in [0.1, 0.15) is 0 Å². The van der Waals surface area contributed by atoms with Crippen molar-refractivity contribution in [1.82, 2.24) is 0 Å². The number of hydrogen-bond donors (Lipinski definition) is 0. The van der Waals surface area contributed by atoms with E-state index in [0.717, 1.165) is 6.42 Å². The molecule has 0 aliphatic rings. The van der Waals surface area contributed by atoms with Gasteiger partial charge in [0.25, 0.3) is 0 Å². The van der Waals surface area contributed by atoms with Crippen molar-refractivity contribution in [3.8, 4) is 0 Å². The Kier molecular flexibility index (Phi) is 8.62. The standard InChI is InChI=1S/C13H19O.O.Sn.H/c14-12-8-3-1-2-5-9-13-10-6-4-7-11-13;;;/h4,6-7,10-11H,1-3,5,8-9,12H2;;;/q-1;;+1;. The molecule has 0 bridgehead atoms. The Labute approximate surface area is 109 Å². The summed E-state index contributed by atoms with van der Waals surface area (Å²) in [6.45, 7) is 0.712. The van der Waals surface area contributed by atoms with Gasteiger partial charge >= 0.3 is 109 Å². The number of aryl methyl sites for hydroxylation is 1. The van der Waals surface area contributed by atoms with E-state index in [2.05, 4.69) is 30.3 Å². The first-order chi connectivity index (χ1) is 7.93. The number of hydrogen-bond acceptors (Lipinski definition) is 2. The summed E-state index contributed by atoms with van der Waals surface area (Å²) in [6, 6.07) is 10.6. The summed E-state index contributed by atoms with van der Waals surface area (Å²) in [5.41, 5.74) is 1.44. The average Bonchev–Trinajstić information content (AvgIpc) is 2.34. The molecule has 2 nitrogen and oxygen atoms in total. The molecule has 0 amide bonds. The number of benzene rings is 1. The fourth-order valence-electron chi connectivity index (χ4n) is 1.74. The van der Waals surface area contributed by atoms with Crippen molar-refractivity contribution in [2.75, 3.05) is 6.61 Å². The first-order valence-corrected chi connectivity index (χ1v) is 8.72. The third-order valence-corrected chi connectivity index (χ3v) is 3.70. The van der Waals surface area contributed by atoms with Crippen molar-refractivity contribution < 1.29 is 6.15 Å². The van der Waals surface area contributed by atoms with Crippen LogP contribution in [-0.4, -0.2) is 28.1 Å². The van der Waals surface area contributed by atoms with Crippen LogP contribution in [0.25, 0.3) is 0 Å². The topological polar surface area (TPSA) is 26.3 Å². The van der Waals surface area contributed by atoms with Gasteiger partial charge in [-0.3, -0.25) is 0 Å². The minimum absolute atomic E-state index is 0.712. The maximum absolute atomic E-state index is 10.2. The molecular weight excluding hydrogens is 307 g/mol. The first kappa shape index (κ1) is 13.8. The van der Waals surface area contributed by atoms with E-state index in [1.54, 1.807) is 0 Å². The molecule has 0 atom stereocenters. The second-order valence-electron chi connectivity index (χ2n) is 3.97. The summed E-state index contributed by atoms with van der Waals surface area (Å²) in [6.07, 6.45) is 7.28. The Morgan fingerprint density at radius 3 is 2.38 bits per heavy atom. The van der Waals surface area contributed by atoms with Gasteiger partial charge in [-0.25, -0.2) is 0 Å². The summed E-state index contributed by atoms with van der Waals surface area (Å²) >= 11 is -1.79. The zero-order chi connectivity index (χ0) is 11.5. The summed E-state index contributed by atoms with van der Waals surface area (Å²) in [7, 11) is 0. The van der Waals surface area contributed by atoms with E-state index >= 15 is 0 Å². The second-order valence-corrected chi connectivity index (χ2v) is 5.47. The van der Waals surface area contributed by atoms with Crippen molar-refractivity contribution >= 4 is 21.5 Å². The van der Waals surface area contributed by atoms with Crippen LogP contribution in [0.15, 0.2) is 30.3 Å². The Bertz CT molecular complexity index is 275. The molecule has 0 aromatic heterocycles. The minimum atomic E-state index is -1.79. The molecule has 88 valence electrons. The molecule has 0 saturated carbocycles. The van der Waals surface area contributed by atoms with Crippen molar-refractivity contribution in [2.45, 2.75) is 38.5 Å². The second kappa shape index (κ2) is 9.97. The van der Waals surface area contributed by atoms with Crippen LogP contribution in [0.3, 0.4) is 0 Å². The zero-order valence-corrected chi connectivity index (χ0v) is 13.0. The Morgan fingerprint density at radius 1 is 0.938 bits per heavy atom. The molecule has 3 heteroatoms. The van der Waals surface area contributed by atoms with Crippen molar-refractivity contribution in [2.24, 2.45) is 0 Å². The van der Waals surface area contributed by atoms with Gasteiger partial charge in [0, 0.05) is 0 Å². The monoisotopic (exact) mass is 328 g/mol. The Balaban J connectivity index is 1.90. The fourth-order valence-corrected chi connectivity index (χ4v) is 2.49. The molecule has 0 fully saturated rings. The van der Waals surface area contributed by atoms with Crippen LogP contribution in [0.2, 0.25) is 0 Å². The first-order valence-electron chi connectivity index (χ1n) is 6.02. The molecule has 0 N–H and O–H groups in total. The summed E-state index contributed by atoms with van der Waals surface area (Å²) in [5.74, 6) is 0. The van der Waals surface area contributed by atoms with Gasteiger partial charge in [0.2, 0.25) is 0 Å². The summed E-state index contributed by atoms with van der Waals surface area (Å²) < 4.78 is 15.1. The summed E-state index contributed by atoms with van der Waals surface area (Å²) in [4.78, 5) is 0. The van der Waals surface area contributed by atoms with E-state index in [9.17, 15) is 3.08 Å². The van der Waals surface area contributed by atoms with Crippen molar-refractivity contribution in [1.29, 1.82) is 0 Å². The predicted octanol–water partition coefficient (Wildman–Crippen LogP) is 2.89. The van der Waals surface area contributed by atoms with Crippen LogP contribution in [0.4, 0.5) is 0 Å². The molecule has 0 aliphatic carbocycles.